The average Bonchev–Trinajstić information content (AvgIpc) is 2.92. The van der Waals surface area contributed by atoms with Gasteiger partial charge in [-0.15, -0.1) is 0 Å². The maximum atomic E-state index is 11.9. The molecule has 28 heavy (non-hydrogen) atoms. The van der Waals surface area contributed by atoms with E-state index in [2.05, 4.69) is 65.4 Å². The highest BCUT2D eigenvalue weighted by Crippen LogP contribution is 2.29. The van der Waals surface area contributed by atoms with Crippen molar-refractivity contribution in [3.05, 3.63) is 65.2 Å². The third-order valence-corrected chi connectivity index (χ3v) is 5.81. The lowest BCUT2D eigenvalue weighted by Crippen LogP contribution is -2.46. The van der Waals surface area contributed by atoms with Crippen LogP contribution in [0.15, 0.2) is 48.5 Å². The second-order valence-corrected chi connectivity index (χ2v) is 7.89. The van der Waals surface area contributed by atoms with Crippen molar-refractivity contribution in [1.29, 1.82) is 0 Å². The highest BCUT2D eigenvalue weighted by atomic mass is 16.5. The van der Waals surface area contributed by atoms with E-state index in [1.165, 1.54) is 11.1 Å². The van der Waals surface area contributed by atoms with Crippen LogP contribution in [0.1, 0.15) is 29.7 Å². The molecule has 2 heterocycles. The molecule has 2 aliphatic heterocycles. The molecular formula is C23H29N3O2. The largest absolute Gasteiger partial charge is 0.491 e. The molecule has 1 saturated heterocycles. The number of carbonyl (C=O) groups excluding carboxylic acids is 1. The fraction of sp³-hybridized carbons (Fsp3) is 0.435. The molecule has 1 amide bonds. The first-order valence-corrected chi connectivity index (χ1v) is 10.1. The molecule has 2 aromatic carbocycles. The highest BCUT2D eigenvalue weighted by Gasteiger charge is 2.27. The van der Waals surface area contributed by atoms with Gasteiger partial charge >= 0.3 is 0 Å². The molecule has 0 aliphatic carbocycles. The molecule has 0 N–H and O–H groups in total. The quantitative estimate of drug-likeness (QED) is 0.822. The number of hydrogen-bond acceptors (Lipinski definition) is 4. The number of benzene rings is 2. The summed E-state index contributed by atoms with van der Waals surface area (Å²) in [6, 6.07) is 17.6. The Morgan fingerprint density at radius 1 is 1.11 bits per heavy atom. The number of carbonyl (C=O) groups is 1. The summed E-state index contributed by atoms with van der Waals surface area (Å²) in [5, 5.41) is 0. The van der Waals surface area contributed by atoms with Crippen molar-refractivity contribution < 1.29 is 9.53 Å². The predicted molar refractivity (Wildman–Crippen MR) is 110 cm³/mol. The summed E-state index contributed by atoms with van der Waals surface area (Å²) in [6.45, 7) is 7.52. The summed E-state index contributed by atoms with van der Waals surface area (Å²) in [6.07, 6.45) is 0. The van der Waals surface area contributed by atoms with Gasteiger partial charge in [0.1, 0.15) is 12.4 Å². The topological polar surface area (TPSA) is 36.0 Å². The molecule has 4 rings (SSSR count). The molecule has 0 spiro atoms. The first-order valence-electron chi connectivity index (χ1n) is 10.1. The molecule has 5 heteroatoms. The Kier molecular flexibility index (Phi) is 5.64. The number of ether oxygens (including phenoxy) is 1. The standard InChI is InChI=1S/C23H29N3O2/c1-18(27)25-12-13-28-23-9-8-19(14-21(23)16-25)15-26-11-10-24(2)17-22(26)20-6-4-3-5-7-20/h3-9,14,22H,10-13,15-17H2,1-2H3/t22-/m1/s1. The maximum absolute atomic E-state index is 11.9. The van der Waals surface area contributed by atoms with Gasteiger partial charge in [-0.05, 0) is 30.3 Å². The number of amides is 1. The molecule has 148 valence electrons. The fourth-order valence-electron chi connectivity index (χ4n) is 4.19. The molecule has 0 saturated carbocycles. The number of likely N-dealkylation sites (N-methyl/N-ethyl adjacent to an activating group) is 1. The lowest BCUT2D eigenvalue weighted by Gasteiger charge is -2.40. The van der Waals surface area contributed by atoms with Crippen LogP contribution in [-0.4, -0.2) is 60.4 Å². The van der Waals surface area contributed by atoms with Crippen LogP contribution >= 0.6 is 0 Å². The minimum atomic E-state index is 0.102. The second kappa shape index (κ2) is 8.33. The van der Waals surface area contributed by atoms with Gasteiger partial charge in [0.2, 0.25) is 5.91 Å². The summed E-state index contributed by atoms with van der Waals surface area (Å²) >= 11 is 0. The summed E-state index contributed by atoms with van der Waals surface area (Å²) < 4.78 is 5.86. The van der Waals surface area contributed by atoms with Gasteiger partial charge < -0.3 is 14.5 Å². The number of fused-ring (bicyclic) bond motifs is 1. The molecule has 2 aliphatic rings. The van der Waals surface area contributed by atoms with Crippen molar-refractivity contribution in [2.45, 2.75) is 26.1 Å². The first-order chi connectivity index (χ1) is 13.6. The van der Waals surface area contributed by atoms with E-state index in [1.807, 2.05) is 4.90 Å². The van der Waals surface area contributed by atoms with Gasteiger partial charge in [0, 0.05) is 51.3 Å². The van der Waals surface area contributed by atoms with Crippen LogP contribution in [0.25, 0.3) is 0 Å². The average molecular weight is 380 g/mol. The summed E-state index contributed by atoms with van der Waals surface area (Å²) in [4.78, 5) is 18.7. The van der Waals surface area contributed by atoms with Gasteiger partial charge in [0.25, 0.3) is 0 Å². The van der Waals surface area contributed by atoms with Crippen molar-refractivity contribution in [2.75, 3.05) is 39.8 Å². The predicted octanol–water partition coefficient (Wildman–Crippen LogP) is 2.92. The Labute approximate surface area is 167 Å². The van der Waals surface area contributed by atoms with Crippen molar-refractivity contribution in [3.63, 3.8) is 0 Å². The molecule has 5 nitrogen and oxygen atoms in total. The molecule has 0 unspecified atom stereocenters. The fourth-order valence-corrected chi connectivity index (χ4v) is 4.19. The lowest BCUT2D eigenvalue weighted by atomic mass is 10.0. The van der Waals surface area contributed by atoms with Crippen molar-refractivity contribution >= 4 is 5.91 Å². The van der Waals surface area contributed by atoms with E-state index < -0.39 is 0 Å². The molecule has 0 aromatic heterocycles. The van der Waals surface area contributed by atoms with E-state index in [9.17, 15) is 4.79 Å². The number of hydrogen-bond donors (Lipinski definition) is 0. The molecule has 1 fully saturated rings. The normalized spacial score (nSPS) is 20.9. The Bertz CT molecular complexity index is 824. The van der Waals surface area contributed by atoms with Crippen LogP contribution in [0.5, 0.6) is 5.75 Å². The Morgan fingerprint density at radius 3 is 2.71 bits per heavy atom. The minimum absolute atomic E-state index is 0.102. The van der Waals surface area contributed by atoms with Crippen molar-refractivity contribution in [2.24, 2.45) is 0 Å². The summed E-state index contributed by atoms with van der Waals surface area (Å²) in [7, 11) is 2.20. The molecule has 1 atom stereocenters. The zero-order chi connectivity index (χ0) is 19.5. The second-order valence-electron chi connectivity index (χ2n) is 7.89. The van der Waals surface area contributed by atoms with Gasteiger partial charge in [0.15, 0.2) is 0 Å². The Balaban J connectivity index is 1.55. The van der Waals surface area contributed by atoms with Crippen LogP contribution in [-0.2, 0) is 17.9 Å². The van der Waals surface area contributed by atoms with Gasteiger partial charge in [0.05, 0.1) is 6.54 Å². The Morgan fingerprint density at radius 2 is 1.93 bits per heavy atom. The third kappa shape index (κ3) is 4.21. The van der Waals surface area contributed by atoms with E-state index >= 15 is 0 Å². The smallest absolute Gasteiger partial charge is 0.219 e. The van der Waals surface area contributed by atoms with Crippen LogP contribution < -0.4 is 4.74 Å². The highest BCUT2D eigenvalue weighted by molar-refractivity contribution is 5.73. The minimum Gasteiger partial charge on any atom is -0.491 e. The van der Waals surface area contributed by atoms with Gasteiger partial charge in [-0.25, -0.2) is 0 Å². The van der Waals surface area contributed by atoms with Crippen LogP contribution in [0.2, 0.25) is 0 Å². The lowest BCUT2D eigenvalue weighted by molar-refractivity contribution is -0.129. The van der Waals surface area contributed by atoms with E-state index in [-0.39, 0.29) is 5.91 Å². The van der Waals surface area contributed by atoms with E-state index in [0.717, 1.165) is 37.5 Å². The molecule has 0 radical (unpaired) electrons. The van der Waals surface area contributed by atoms with E-state index in [1.54, 1.807) is 6.92 Å². The number of piperazine rings is 1. The zero-order valence-corrected chi connectivity index (χ0v) is 16.8. The summed E-state index contributed by atoms with van der Waals surface area (Å²) in [5.41, 5.74) is 3.75. The monoisotopic (exact) mass is 379 g/mol. The maximum Gasteiger partial charge on any atom is 0.219 e. The SMILES string of the molecule is CC(=O)N1CCOc2ccc(CN3CCN(C)C[C@@H]3c3ccccc3)cc2C1. The van der Waals surface area contributed by atoms with E-state index in [0.29, 0.717) is 25.7 Å². The third-order valence-electron chi connectivity index (χ3n) is 5.81. The zero-order valence-electron chi connectivity index (χ0n) is 16.8. The van der Waals surface area contributed by atoms with Gasteiger partial charge in [-0.1, -0.05) is 36.4 Å². The van der Waals surface area contributed by atoms with E-state index in [4.69, 9.17) is 4.74 Å². The number of nitrogens with zero attached hydrogens (tertiary/aromatic N) is 3. The van der Waals surface area contributed by atoms with Gasteiger partial charge in [-0.3, -0.25) is 9.69 Å². The molecular weight excluding hydrogens is 350 g/mol. The van der Waals surface area contributed by atoms with Crippen LogP contribution in [0.4, 0.5) is 0 Å². The van der Waals surface area contributed by atoms with Gasteiger partial charge in [-0.2, -0.15) is 0 Å². The first kappa shape index (κ1) is 19.0. The summed E-state index contributed by atoms with van der Waals surface area (Å²) in [5.74, 6) is 1.01. The molecule has 2 aromatic rings. The Hall–Kier alpha value is -2.37. The van der Waals surface area contributed by atoms with Crippen molar-refractivity contribution in [3.8, 4) is 5.75 Å². The van der Waals surface area contributed by atoms with Crippen LogP contribution in [0, 0.1) is 0 Å². The number of rotatable bonds is 3. The van der Waals surface area contributed by atoms with Crippen molar-refractivity contribution in [1.82, 2.24) is 14.7 Å². The molecule has 0 bridgehead atoms. The van der Waals surface area contributed by atoms with Crippen LogP contribution in [0.3, 0.4) is 0 Å².